The van der Waals surface area contributed by atoms with Gasteiger partial charge in [-0.25, -0.2) is 0 Å². The maximum Gasteiger partial charge on any atom is 0.257 e. The van der Waals surface area contributed by atoms with Crippen molar-refractivity contribution >= 4 is 46.2 Å². The third-order valence-electron chi connectivity index (χ3n) is 3.60. The van der Waals surface area contributed by atoms with Gasteiger partial charge in [0.25, 0.3) is 5.91 Å². The highest BCUT2D eigenvalue weighted by Gasteiger charge is 2.10. The van der Waals surface area contributed by atoms with Gasteiger partial charge in [0.05, 0.1) is 28.2 Å². The molecular weight excluding hydrogens is 357 g/mol. The first-order chi connectivity index (χ1) is 12.0. The lowest BCUT2D eigenvalue weighted by Gasteiger charge is -2.11. The highest BCUT2D eigenvalue weighted by molar-refractivity contribution is 6.35. The first-order valence-corrected chi connectivity index (χ1v) is 8.32. The van der Waals surface area contributed by atoms with Crippen LogP contribution in [0.25, 0.3) is 0 Å². The molecule has 0 saturated carbocycles. The molecule has 2 N–H and O–H groups in total. The minimum absolute atomic E-state index is 0.315. The molecule has 0 bridgehead atoms. The molecule has 6 heteroatoms. The Hall–Kier alpha value is -2.56. The predicted octanol–water partition coefficient (Wildman–Crippen LogP) is 5.69. The summed E-state index contributed by atoms with van der Waals surface area (Å²) in [5.41, 5.74) is 3.65. The molecular formula is C19H15Cl2N3O. The Morgan fingerprint density at radius 2 is 1.80 bits per heavy atom. The molecule has 0 aliphatic heterocycles. The molecule has 0 aliphatic carbocycles. The Kier molecular flexibility index (Phi) is 5.22. The van der Waals surface area contributed by atoms with Crippen LogP contribution in [-0.4, -0.2) is 10.9 Å². The van der Waals surface area contributed by atoms with Crippen LogP contribution >= 0.6 is 23.2 Å². The number of hydrogen-bond donors (Lipinski definition) is 2. The van der Waals surface area contributed by atoms with E-state index >= 15 is 0 Å². The van der Waals surface area contributed by atoms with Crippen molar-refractivity contribution in [3.05, 3.63) is 82.1 Å². The third kappa shape index (κ3) is 4.29. The second-order valence-electron chi connectivity index (χ2n) is 5.48. The number of nitrogens with zero attached hydrogens (tertiary/aromatic N) is 1. The van der Waals surface area contributed by atoms with E-state index in [2.05, 4.69) is 15.6 Å². The SMILES string of the molecule is Cc1ccccc1Nc1cncc(C(=O)Nc2cc(Cl)ccc2Cl)c1. The second kappa shape index (κ2) is 7.55. The monoisotopic (exact) mass is 371 g/mol. The van der Waals surface area contributed by atoms with Gasteiger partial charge in [0.1, 0.15) is 0 Å². The fourth-order valence-electron chi connectivity index (χ4n) is 2.29. The quantitative estimate of drug-likeness (QED) is 0.618. The number of amides is 1. The lowest BCUT2D eigenvalue weighted by Crippen LogP contribution is -2.13. The molecule has 1 aromatic heterocycles. The number of anilines is 3. The van der Waals surface area contributed by atoms with Crippen molar-refractivity contribution in [2.45, 2.75) is 6.92 Å². The van der Waals surface area contributed by atoms with Crippen molar-refractivity contribution in [2.75, 3.05) is 10.6 Å². The first-order valence-electron chi connectivity index (χ1n) is 7.57. The van der Waals surface area contributed by atoms with Crippen molar-refractivity contribution in [3.63, 3.8) is 0 Å². The maximum atomic E-state index is 12.5. The highest BCUT2D eigenvalue weighted by Crippen LogP contribution is 2.26. The number of benzene rings is 2. The fraction of sp³-hybridized carbons (Fsp3) is 0.0526. The van der Waals surface area contributed by atoms with E-state index in [0.29, 0.717) is 21.3 Å². The zero-order valence-electron chi connectivity index (χ0n) is 13.4. The summed E-state index contributed by atoms with van der Waals surface area (Å²) in [5, 5.41) is 6.92. The summed E-state index contributed by atoms with van der Waals surface area (Å²) in [6.45, 7) is 2.01. The summed E-state index contributed by atoms with van der Waals surface area (Å²) < 4.78 is 0. The zero-order valence-corrected chi connectivity index (χ0v) is 14.9. The summed E-state index contributed by atoms with van der Waals surface area (Å²) in [7, 11) is 0. The number of carbonyl (C=O) groups is 1. The number of rotatable bonds is 4. The minimum atomic E-state index is -0.315. The van der Waals surface area contributed by atoms with Gasteiger partial charge >= 0.3 is 0 Å². The summed E-state index contributed by atoms with van der Waals surface area (Å²) in [5.74, 6) is -0.315. The van der Waals surface area contributed by atoms with E-state index in [1.165, 1.54) is 6.20 Å². The van der Waals surface area contributed by atoms with Gasteiger partial charge < -0.3 is 10.6 Å². The minimum Gasteiger partial charge on any atom is -0.354 e. The Bertz CT molecular complexity index is 928. The average molecular weight is 372 g/mol. The molecule has 126 valence electrons. The van der Waals surface area contributed by atoms with Crippen molar-refractivity contribution < 1.29 is 4.79 Å². The van der Waals surface area contributed by atoms with E-state index in [1.807, 2.05) is 31.2 Å². The molecule has 0 aliphatic rings. The molecule has 0 fully saturated rings. The lowest BCUT2D eigenvalue weighted by molar-refractivity contribution is 0.102. The molecule has 0 atom stereocenters. The van der Waals surface area contributed by atoms with Crippen LogP contribution in [0.2, 0.25) is 10.0 Å². The van der Waals surface area contributed by atoms with E-state index < -0.39 is 0 Å². The van der Waals surface area contributed by atoms with Gasteiger partial charge in [-0.3, -0.25) is 9.78 Å². The molecule has 0 radical (unpaired) electrons. The number of aryl methyl sites for hydroxylation is 1. The van der Waals surface area contributed by atoms with Gasteiger partial charge in [-0.05, 0) is 42.8 Å². The van der Waals surface area contributed by atoms with Crippen LogP contribution in [0, 0.1) is 6.92 Å². The van der Waals surface area contributed by atoms with Gasteiger partial charge in [0.2, 0.25) is 0 Å². The number of aromatic nitrogens is 1. The van der Waals surface area contributed by atoms with E-state index in [4.69, 9.17) is 23.2 Å². The lowest BCUT2D eigenvalue weighted by atomic mass is 10.2. The predicted molar refractivity (Wildman–Crippen MR) is 103 cm³/mol. The van der Waals surface area contributed by atoms with Crippen LogP contribution in [0.15, 0.2) is 60.9 Å². The molecule has 4 nitrogen and oxygen atoms in total. The zero-order chi connectivity index (χ0) is 17.8. The van der Waals surface area contributed by atoms with Crippen molar-refractivity contribution in [3.8, 4) is 0 Å². The van der Waals surface area contributed by atoms with E-state index in [0.717, 1.165) is 16.9 Å². The molecule has 3 rings (SSSR count). The van der Waals surface area contributed by atoms with Gasteiger partial charge in [-0.1, -0.05) is 41.4 Å². The number of nitrogens with one attached hydrogen (secondary N) is 2. The first kappa shape index (κ1) is 17.3. The second-order valence-corrected chi connectivity index (χ2v) is 6.32. The van der Waals surface area contributed by atoms with Gasteiger partial charge in [0.15, 0.2) is 0 Å². The van der Waals surface area contributed by atoms with E-state index in [1.54, 1.807) is 30.5 Å². The summed E-state index contributed by atoms with van der Waals surface area (Å²) >= 11 is 12.0. The maximum absolute atomic E-state index is 12.5. The van der Waals surface area contributed by atoms with E-state index in [9.17, 15) is 4.79 Å². The fourth-order valence-corrected chi connectivity index (χ4v) is 2.63. The average Bonchev–Trinajstić information content (AvgIpc) is 2.60. The van der Waals surface area contributed by atoms with Crippen LogP contribution < -0.4 is 10.6 Å². The van der Waals surface area contributed by atoms with Crippen LogP contribution in [0.3, 0.4) is 0 Å². The number of carbonyl (C=O) groups excluding carboxylic acids is 1. The van der Waals surface area contributed by atoms with Crippen LogP contribution in [0.1, 0.15) is 15.9 Å². The molecule has 0 saturated heterocycles. The van der Waals surface area contributed by atoms with Crippen LogP contribution in [0.5, 0.6) is 0 Å². The number of hydrogen-bond acceptors (Lipinski definition) is 3. The standard InChI is InChI=1S/C19H15Cl2N3O/c1-12-4-2-3-5-17(12)23-15-8-13(10-22-11-15)19(25)24-18-9-14(20)6-7-16(18)21/h2-11,23H,1H3,(H,24,25). The molecule has 0 spiro atoms. The normalized spacial score (nSPS) is 10.4. The van der Waals surface area contributed by atoms with E-state index in [-0.39, 0.29) is 5.91 Å². The molecule has 25 heavy (non-hydrogen) atoms. The summed E-state index contributed by atoms with van der Waals surface area (Å²) in [4.78, 5) is 16.6. The molecule has 1 heterocycles. The third-order valence-corrected chi connectivity index (χ3v) is 4.17. The Balaban J connectivity index is 1.80. The van der Waals surface area contributed by atoms with Crippen LogP contribution in [0.4, 0.5) is 17.1 Å². The highest BCUT2D eigenvalue weighted by atomic mass is 35.5. The smallest absolute Gasteiger partial charge is 0.257 e. The summed E-state index contributed by atoms with van der Waals surface area (Å²) in [6, 6.07) is 14.5. The number of para-hydroxylation sites is 1. The van der Waals surface area contributed by atoms with Crippen molar-refractivity contribution in [1.29, 1.82) is 0 Å². The number of halogens is 2. The largest absolute Gasteiger partial charge is 0.354 e. The Morgan fingerprint density at radius 1 is 1.00 bits per heavy atom. The van der Waals surface area contributed by atoms with Gasteiger partial charge in [-0.15, -0.1) is 0 Å². The number of pyridine rings is 1. The van der Waals surface area contributed by atoms with Gasteiger partial charge in [0, 0.05) is 16.9 Å². The van der Waals surface area contributed by atoms with Crippen molar-refractivity contribution in [2.24, 2.45) is 0 Å². The summed E-state index contributed by atoms with van der Waals surface area (Å²) in [6.07, 6.45) is 3.16. The van der Waals surface area contributed by atoms with Crippen LogP contribution in [-0.2, 0) is 0 Å². The molecule has 2 aromatic carbocycles. The Morgan fingerprint density at radius 3 is 2.60 bits per heavy atom. The molecule has 0 unspecified atom stereocenters. The van der Waals surface area contributed by atoms with Gasteiger partial charge in [-0.2, -0.15) is 0 Å². The molecule has 1 amide bonds. The molecule has 3 aromatic rings. The topological polar surface area (TPSA) is 54.0 Å². The van der Waals surface area contributed by atoms with Crippen molar-refractivity contribution in [1.82, 2.24) is 4.98 Å². The Labute approximate surface area is 155 Å².